The minimum Gasteiger partial charge on any atom is -0.478 e. The zero-order valence-corrected chi connectivity index (χ0v) is 14.5. The number of rotatable bonds is 8. The smallest absolute Gasteiger partial charge is 0.469 e. The Kier molecular flexibility index (Phi) is 6.68. The minimum absolute atomic E-state index is 0.248. The van der Waals surface area contributed by atoms with E-state index in [1.807, 2.05) is 13.8 Å². The van der Waals surface area contributed by atoms with Gasteiger partial charge in [0.05, 0.1) is 17.7 Å². The summed E-state index contributed by atoms with van der Waals surface area (Å²) in [4.78, 5) is 40.8. The van der Waals surface area contributed by atoms with E-state index in [1.165, 1.54) is 6.07 Å². The molecule has 1 aromatic carbocycles. The Morgan fingerprint density at radius 1 is 1.17 bits per heavy atom. The van der Waals surface area contributed by atoms with Gasteiger partial charge in [-0.3, -0.25) is 4.52 Å². The maximum atomic E-state index is 11.7. The van der Waals surface area contributed by atoms with Crippen molar-refractivity contribution in [2.24, 2.45) is 5.92 Å². The van der Waals surface area contributed by atoms with Crippen molar-refractivity contribution in [1.82, 2.24) is 0 Å². The number of aryl methyl sites for hydroxylation is 1. The second kappa shape index (κ2) is 7.90. The average molecular weight is 360 g/mol. The Hall–Kier alpha value is -1.73. The van der Waals surface area contributed by atoms with Crippen molar-refractivity contribution in [3.8, 4) is 0 Å². The van der Waals surface area contributed by atoms with Gasteiger partial charge in [0.15, 0.2) is 0 Å². The van der Waals surface area contributed by atoms with Gasteiger partial charge >= 0.3 is 19.8 Å². The van der Waals surface area contributed by atoms with Crippen molar-refractivity contribution < 1.29 is 38.7 Å². The maximum Gasteiger partial charge on any atom is 0.469 e. The van der Waals surface area contributed by atoms with Crippen LogP contribution in [0.25, 0.3) is 0 Å². The summed E-state index contributed by atoms with van der Waals surface area (Å²) in [6.07, 6.45) is 1.10. The third-order valence-corrected chi connectivity index (χ3v) is 4.02. The third kappa shape index (κ3) is 5.42. The highest BCUT2D eigenvalue weighted by Gasteiger charge is 2.26. The van der Waals surface area contributed by atoms with E-state index in [9.17, 15) is 24.4 Å². The summed E-state index contributed by atoms with van der Waals surface area (Å²) in [5, 5.41) is 18.8. The van der Waals surface area contributed by atoms with Gasteiger partial charge in [0, 0.05) is 5.56 Å². The van der Waals surface area contributed by atoms with Gasteiger partial charge in [-0.25, -0.2) is 14.2 Å². The number of benzene rings is 1. The van der Waals surface area contributed by atoms with Crippen LogP contribution >= 0.6 is 7.82 Å². The number of carboxylic acid groups (broad SMARTS) is 2. The summed E-state index contributed by atoms with van der Waals surface area (Å²) in [5.41, 5.74) is 0.103. The van der Waals surface area contributed by atoms with Crippen LogP contribution in [0.5, 0.6) is 0 Å². The van der Waals surface area contributed by atoms with Crippen LogP contribution in [0.2, 0.25) is 0 Å². The first-order valence-electron chi connectivity index (χ1n) is 7.26. The number of hydrogen-bond donors (Lipinski definition) is 4. The quantitative estimate of drug-likeness (QED) is 0.518. The van der Waals surface area contributed by atoms with Crippen molar-refractivity contribution in [2.75, 3.05) is 0 Å². The monoisotopic (exact) mass is 360 g/mol. The largest absolute Gasteiger partial charge is 0.478 e. The fraction of sp³-hybridized carbons (Fsp3) is 0.467. The fourth-order valence-electron chi connectivity index (χ4n) is 2.41. The van der Waals surface area contributed by atoms with Crippen molar-refractivity contribution >= 4 is 19.8 Å². The number of carboxylic acids is 2. The summed E-state index contributed by atoms with van der Waals surface area (Å²) in [6.45, 7) is 4.75. The average Bonchev–Trinajstić information content (AvgIpc) is 2.41. The molecule has 0 radical (unpaired) electrons. The molecule has 0 aliphatic carbocycles. The molecule has 0 spiro atoms. The molecule has 4 N–H and O–H groups in total. The number of carbonyl (C=O) groups is 2. The number of hydrogen-bond acceptors (Lipinski definition) is 4. The maximum absolute atomic E-state index is 11.7. The summed E-state index contributed by atoms with van der Waals surface area (Å²) in [5.74, 6) is -2.44. The van der Waals surface area contributed by atoms with Gasteiger partial charge in [-0.1, -0.05) is 13.8 Å². The molecule has 1 rings (SSSR count). The predicted molar refractivity (Wildman–Crippen MR) is 85.1 cm³/mol. The normalized spacial score (nSPS) is 11.8. The van der Waals surface area contributed by atoms with E-state index in [-0.39, 0.29) is 16.7 Å². The van der Waals surface area contributed by atoms with Crippen LogP contribution in [0.1, 0.15) is 57.7 Å². The van der Waals surface area contributed by atoms with Gasteiger partial charge in [0.25, 0.3) is 0 Å². The lowest BCUT2D eigenvalue weighted by Crippen LogP contribution is -2.16. The standard InChI is InChI=1S/C15H21O8P/c1-8(2)4-5-10-9(3)6-11(14(16)17)12(13(10)15(18)19)7-23-24(20,21)22/h6,8H,4-5,7H2,1-3H3,(H,16,17)(H,18,19)(H2,20,21,22). The molecule has 9 heteroatoms. The highest BCUT2D eigenvalue weighted by Crippen LogP contribution is 2.38. The molecule has 1 aromatic rings. The highest BCUT2D eigenvalue weighted by atomic mass is 31.2. The van der Waals surface area contributed by atoms with Gasteiger partial charge < -0.3 is 20.0 Å². The number of aromatic carboxylic acids is 2. The first-order valence-corrected chi connectivity index (χ1v) is 8.79. The molecular weight excluding hydrogens is 339 g/mol. The SMILES string of the molecule is Cc1cc(C(=O)O)c(COP(=O)(O)O)c(C(=O)O)c1CCC(C)C. The molecule has 0 unspecified atom stereocenters. The second-order valence-electron chi connectivity index (χ2n) is 5.88. The van der Waals surface area contributed by atoms with Crippen LogP contribution in [0, 0.1) is 12.8 Å². The Balaban J connectivity index is 3.53. The van der Waals surface area contributed by atoms with Gasteiger partial charge in [0.1, 0.15) is 0 Å². The molecule has 24 heavy (non-hydrogen) atoms. The van der Waals surface area contributed by atoms with Gasteiger partial charge in [0.2, 0.25) is 0 Å². The molecule has 0 aliphatic heterocycles. The minimum atomic E-state index is -4.88. The van der Waals surface area contributed by atoms with Crippen LogP contribution in [0.4, 0.5) is 0 Å². The molecule has 0 amide bonds. The predicted octanol–water partition coefficient (Wildman–Crippen LogP) is 2.59. The molecule has 0 bridgehead atoms. The lowest BCUT2D eigenvalue weighted by atomic mass is 9.88. The van der Waals surface area contributed by atoms with Crippen LogP contribution in [-0.2, 0) is 22.1 Å². The van der Waals surface area contributed by atoms with Crippen molar-refractivity contribution in [2.45, 2.75) is 40.2 Å². The van der Waals surface area contributed by atoms with Crippen LogP contribution in [0.15, 0.2) is 6.07 Å². The molecule has 0 aromatic heterocycles. The van der Waals surface area contributed by atoms with Crippen LogP contribution in [0.3, 0.4) is 0 Å². The van der Waals surface area contributed by atoms with Gasteiger partial charge in [-0.05, 0) is 42.9 Å². The Morgan fingerprint density at radius 2 is 1.75 bits per heavy atom. The van der Waals surface area contributed by atoms with E-state index in [2.05, 4.69) is 4.52 Å². The van der Waals surface area contributed by atoms with Crippen molar-refractivity contribution in [1.29, 1.82) is 0 Å². The first kappa shape index (κ1) is 20.3. The molecule has 0 saturated heterocycles. The molecule has 8 nitrogen and oxygen atoms in total. The highest BCUT2D eigenvalue weighted by molar-refractivity contribution is 7.46. The van der Waals surface area contributed by atoms with E-state index < -0.39 is 26.4 Å². The molecular formula is C15H21O8P. The van der Waals surface area contributed by atoms with E-state index in [0.717, 1.165) is 0 Å². The second-order valence-corrected chi connectivity index (χ2v) is 7.12. The molecule has 134 valence electrons. The summed E-state index contributed by atoms with van der Waals surface area (Å²) in [6, 6.07) is 1.31. The number of phosphoric ester groups is 1. The van der Waals surface area contributed by atoms with Crippen LogP contribution in [-0.4, -0.2) is 31.9 Å². The molecule has 0 atom stereocenters. The third-order valence-electron chi connectivity index (χ3n) is 3.56. The zero-order chi connectivity index (χ0) is 18.7. The molecule has 0 fully saturated rings. The van der Waals surface area contributed by atoms with Gasteiger partial charge in [-0.2, -0.15) is 0 Å². The van der Waals surface area contributed by atoms with E-state index in [4.69, 9.17) is 9.79 Å². The topological polar surface area (TPSA) is 141 Å². The van der Waals surface area contributed by atoms with E-state index in [0.29, 0.717) is 29.9 Å². The lowest BCUT2D eigenvalue weighted by molar-refractivity contribution is 0.0687. The van der Waals surface area contributed by atoms with Crippen molar-refractivity contribution in [3.63, 3.8) is 0 Å². The Bertz CT molecular complexity index is 689. The molecule has 0 saturated carbocycles. The number of phosphoric acid groups is 1. The lowest BCUT2D eigenvalue weighted by Gasteiger charge is -2.18. The van der Waals surface area contributed by atoms with E-state index >= 15 is 0 Å². The van der Waals surface area contributed by atoms with Crippen molar-refractivity contribution in [3.05, 3.63) is 33.9 Å². The first-order chi connectivity index (χ1) is 10.9. The Labute approximate surface area is 139 Å². The molecule has 0 heterocycles. The van der Waals surface area contributed by atoms with Crippen LogP contribution < -0.4 is 0 Å². The van der Waals surface area contributed by atoms with Gasteiger partial charge in [-0.15, -0.1) is 0 Å². The Morgan fingerprint density at radius 3 is 2.17 bits per heavy atom. The molecule has 0 aliphatic rings. The summed E-state index contributed by atoms with van der Waals surface area (Å²) in [7, 11) is -4.88. The zero-order valence-electron chi connectivity index (χ0n) is 13.6. The summed E-state index contributed by atoms with van der Waals surface area (Å²) < 4.78 is 15.3. The fourth-order valence-corrected chi connectivity index (χ4v) is 2.70. The van der Waals surface area contributed by atoms with E-state index in [1.54, 1.807) is 6.92 Å². The summed E-state index contributed by atoms with van der Waals surface area (Å²) >= 11 is 0.